The number of carbonyl (C=O) groups excluding carboxylic acids is 1. The van der Waals surface area contributed by atoms with E-state index in [0.717, 1.165) is 25.9 Å². The van der Waals surface area contributed by atoms with Gasteiger partial charge in [0.15, 0.2) is 0 Å². The maximum Gasteiger partial charge on any atom is 0.231 e. The normalized spacial score (nSPS) is 18.0. The van der Waals surface area contributed by atoms with Gasteiger partial charge in [0.05, 0.1) is 13.1 Å². The third kappa shape index (κ3) is 3.36. The first-order valence-corrected chi connectivity index (χ1v) is 4.90. The minimum Gasteiger partial charge on any atom is -0.369 e. The van der Waals surface area contributed by atoms with Gasteiger partial charge in [-0.15, -0.1) is 6.42 Å². The third-order valence-electron chi connectivity index (χ3n) is 2.48. The number of nitrogens with one attached hydrogen (secondary N) is 1. The van der Waals surface area contributed by atoms with Gasteiger partial charge in [0, 0.05) is 6.04 Å². The predicted octanol–water partition coefficient (Wildman–Crippen LogP) is -0.841. The van der Waals surface area contributed by atoms with E-state index in [4.69, 9.17) is 12.2 Å². The van der Waals surface area contributed by atoms with Crippen LogP contribution in [0.3, 0.4) is 0 Å². The molecule has 0 bridgehead atoms. The second kappa shape index (κ2) is 5.63. The Kier molecular flexibility index (Phi) is 4.44. The van der Waals surface area contributed by atoms with Crippen LogP contribution in [-0.2, 0) is 4.79 Å². The second-order valence-electron chi connectivity index (χ2n) is 3.56. The van der Waals surface area contributed by atoms with E-state index in [1.165, 1.54) is 0 Å². The predicted molar refractivity (Wildman–Crippen MR) is 55.5 cm³/mol. The number of hydrogen-bond donors (Lipinski definition) is 2. The van der Waals surface area contributed by atoms with Crippen LogP contribution >= 0.6 is 0 Å². The lowest BCUT2D eigenvalue weighted by atomic mass is 10.0. The van der Waals surface area contributed by atoms with Gasteiger partial charge in [-0.2, -0.15) is 0 Å². The van der Waals surface area contributed by atoms with Crippen molar-refractivity contribution in [3.63, 3.8) is 0 Å². The summed E-state index contributed by atoms with van der Waals surface area (Å²) in [5.74, 6) is 2.26. The molecule has 1 fully saturated rings. The number of primary amides is 1. The van der Waals surface area contributed by atoms with Crippen LogP contribution in [0.1, 0.15) is 12.8 Å². The van der Waals surface area contributed by atoms with Gasteiger partial charge in [0.2, 0.25) is 5.91 Å². The highest BCUT2D eigenvalue weighted by Crippen LogP contribution is 2.10. The number of nitrogens with two attached hydrogens (primary N) is 1. The van der Waals surface area contributed by atoms with Crippen LogP contribution < -0.4 is 11.1 Å². The summed E-state index contributed by atoms with van der Waals surface area (Å²) in [5.41, 5.74) is 5.17. The highest BCUT2D eigenvalue weighted by Gasteiger charge is 2.21. The molecule has 1 rings (SSSR count). The molecule has 0 aromatic rings. The molecule has 4 heteroatoms. The highest BCUT2D eigenvalue weighted by atomic mass is 16.1. The molecule has 0 spiro atoms. The first-order valence-electron chi connectivity index (χ1n) is 4.90. The lowest BCUT2D eigenvalue weighted by molar-refractivity contribution is -0.119. The van der Waals surface area contributed by atoms with Crippen molar-refractivity contribution in [2.45, 2.75) is 18.9 Å². The zero-order valence-corrected chi connectivity index (χ0v) is 8.33. The Morgan fingerprint density at radius 1 is 1.57 bits per heavy atom. The van der Waals surface area contributed by atoms with Crippen molar-refractivity contribution in [3.8, 4) is 12.3 Å². The van der Waals surface area contributed by atoms with Gasteiger partial charge in [-0.25, -0.2) is 0 Å². The third-order valence-corrected chi connectivity index (χ3v) is 2.48. The molecule has 3 N–H and O–H groups in total. The van der Waals surface area contributed by atoms with Gasteiger partial charge >= 0.3 is 0 Å². The van der Waals surface area contributed by atoms with E-state index in [-0.39, 0.29) is 12.5 Å². The fourth-order valence-electron chi connectivity index (χ4n) is 1.80. The van der Waals surface area contributed by atoms with Crippen molar-refractivity contribution in [1.29, 1.82) is 0 Å². The van der Waals surface area contributed by atoms with Crippen molar-refractivity contribution in [2.24, 2.45) is 5.73 Å². The maximum absolute atomic E-state index is 10.8. The molecule has 1 amide bonds. The van der Waals surface area contributed by atoms with E-state index < -0.39 is 0 Å². The molecule has 1 aliphatic heterocycles. The van der Waals surface area contributed by atoms with Crippen molar-refractivity contribution in [3.05, 3.63) is 0 Å². The van der Waals surface area contributed by atoms with E-state index in [2.05, 4.69) is 11.2 Å². The van der Waals surface area contributed by atoms with Crippen molar-refractivity contribution < 1.29 is 4.79 Å². The lowest BCUT2D eigenvalue weighted by Crippen LogP contribution is -2.46. The Morgan fingerprint density at radius 2 is 2.21 bits per heavy atom. The largest absolute Gasteiger partial charge is 0.369 e. The van der Waals surface area contributed by atoms with Crippen LogP contribution in [0.15, 0.2) is 0 Å². The molecule has 4 nitrogen and oxygen atoms in total. The van der Waals surface area contributed by atoms with Gasteiger partial charge in [0.1, 0.15) is 0 Å². The Morgan fingerprint density at radius 3 is 2.71 bits per heavy atom. The van der Waals surface area contributed by atoms with Crippen molar-refractivity contribution in [2.75, 3.05) is 26.2 Å². The van der Waals surface area contributed by atoms with Crippen LogP contribution in [0.2, 0.25) is 0 Å². The van der Waals surface area contributed by atoms with Crippen LogP contribution in [0.4, 0.5) is 0 Å². The number of carbonyl (C=O) groups is 1. The summed E-state index contributed by atoms with van der Waals surface area (Å²) in [4.78, 5) is 12.8. The first-order chi connectivity index (χ1) is 6.74. The summed E-state index contributed by atoms with van der Waals surface area (Å²) in [5, 5.41) is 3.27. The Bertz CT molecular complexity index is 228. The number of hydrogen-bond acceptors (Lipinski definition) is 3. The molecule has 1 aliphatic rings. The lowest BCUT2D eigenvalue weighted by Gasteiger charge is -2.32. The maximum atomic E-state index is 10.8. The van der Waals surface area contributed by atoms with E-state index in [0.29, 0.717) is 12.6 Å². The zero-order chi connectivity index (χ0) is 10.4. The molecule has 0 aromatic carbocycles. The molecule has 0 aromatic heterocycles. The first kappa shape index (κ1) is 11.0. The van der Waals surface area contributed by atoms with Crippen LogP contribution in [0.5, 0.6) is 0 Å². The molecule has 0 atom stereocenters. The topological polar surface area (TPSA) is 58.4 Å². The SMILES string of the molecule is C#CCN(CC(N)=O)C1CCNCC1. The number of piperidine rings is 1. The highest BCUT2D eigenvalue weighted by molar-refractivity contribution is 5.76. The van der Waals surface area contributed by atoms with Crippen molar-refractivity contribution >= 4 is 5.91 Å². The average molecular weight is 195 g/mol. The van der Waals surface area contributed by atoms with E-state index in [9.17, 15) is 4.79 Å². The van der Waals surface area contributed by atoms with Crippen LogP contribution in [-0.4, -0.2) is 43.0 Å². The summed E-state index contributed by atoms with van der Waals surface area (Å²) in [7, 11) is 0. The zero-order valence-electron chi connectivity index (χ0n) is 8.33. The Labute approximate surface area is 84.8 Å². The minimum absolute atomic E-state index is 0.273. The Hall–Kier alpha value is -1.05. The van der Waals surface area contributed by atoms with E-state index in [1.807, 2.05) is 4.90 Å². The average Bonchev–Trinajstić information content (AvgIpc) is 2.18. The van der Waals surface area contributed by atoms with E-state index in [1.54, 1.807) is 0 Å². The molecule has 0 aliphatic carbocycles. The van der Waals surface area contributed by atoms with Gasteiger partial charge in [-0.3, -0.25) is 9.69 Å². The molecule has 0 unspecified atom stereocenters. The molecule has 1 heterocycles. The molecule has 0 saturated carbocycles. The fraction of sp³-hybridized carbons (Fsp3) is 0.700. The summed E-state index contributed by atoms with van der Waals surface area (Å²) in [6.45, 7) is 2.76. The quantitative estimate of drug-likeness (QED) is 0.575. The summed E-state index contributed by atoms with van der Waals surface area (Å²) >= 11 is 0. The molecule has 14 heavy (non-hydrogen) atoms. The van der Waals surface area contributed by atoms with Gasteiger partial charge in [0.25, 0.3) is 0 Å². The van der Waals surface area contributed by atoms with Gasteiger partial charge in [-0.05, 0) is 25.9 Å². The minimum atomic E-state index is -0.307. The van der Waals surface area contributed by atoms with Crippen molar-refractivity contribution in [1.82, 2.24) is 10.2 Å². The Balaban J connectivity index is 2.47. The molecule has 0 radical (unpaired) electrons. The number of nitrogens with zero attached hydrogens (tertiary/aromatic N) is 1. The summed E-state index contributed by atoms with van der Waals surface area (Å²) < 4.78 is 0. The van der Waals surface area contributed by atoms with E-state index >= 15 is 0 Å². The van der Waals surface area contributed by atoms with Gasteiger partial charge < -0.3 is 11.1 Å². The number of rotatable bonds is 4. The molecular formula is C10H17N3O. The smallest absolute Gasteiger partial charge is 0.231 e. The summed E-state index contributed by atoms with van der Waals surface area (Å²) in [6.07, 6.45) is 7.33. The second-order valence-corrected chi connectivity index (χ2v) is 3.56. The van der Waals surface area contributed by atoms with Crippen LogP contribution in [0.25, 0.3) is 0 Å². The number of terminal acetylenes is 1. The van der Waals surface area contributed by atoms with Crippen LogP contribution in [0, 0.1) is 12.3 Å². The standard InChI is InChI=1S/C10H17N3O/c1-2-7-13(8-10(11)14)9-3-5-12-6-4-9/h1,9,12H,3-8H2,(H2,11,14). The molecule has 1 saturated heterocycles. The summed E-state index contributed by atoms with van der Waals surface area (Å²) in [6, 6.07) is 0.403. The molecular weight excluding hydrogens is 178 g/mol. The molecule has 78 valence electrons. The fourth-order valence-corrected chi connectivity index (χ4v) is 1.80. The monoisotopic (exact) mass is 195 g/mol. The number of amides is 1. The van der Waals surface area contributed by atoms with Gasteiger partial charge in [-0.1, -0.05) is 5.92 Å².